The minimum Gasteiger partial charge on any atom is -0.425 e. The topological polar surface area (TPSA) is 61.0 Å². The van der Waals surface area contributed by atoms with E-state index in [2.05, 4.69) is 87.9 Å². The van der Waals surface area contributed by atoms with Crippen molar-refractivity contribution >= 4 is 51.0 Å². The van der Waals surface area contributed by atoms with Crippen LogP contribution in [0.4, 0.5) is 0 Å². The number of hydrogen-bond acceptors (Lipinski definition) is 6. The molecule has 1 saturated heterocycles. The second-order valence-corrected chi connectivity index (χ2v) is 32.4. The van der Waals surface area contributed by atoms with Crippen molar-refractivity contribution in [2.45, 2.75) is 78.6 Å². The van der Waals surface area contributed by atoms with Crippen LogP contribution in [0.25, 0.3) is 0 Å². The fourth-order valence-electron chi connectivity index (χ4n) is 4.05. The molecule has 1 aliphatic heterocycles. The molecule has 1 fully saturated rings. The van der Waals surface area contributed by atoms with E-state index in [9.17, 15) is 0 Å². The molecule has 0 saturated carbocycles. The van der Waals surface area contributed by atoms with Gasteiger partial charge in [-0.25, -0.2) is 0 Å². The zero-order chi connectivity index (χ0) is 19.2. The van der Waals surface area contributed by atoms with E-state index in [1.54, 1.807) is 0 Å². The average molecular weight is 443 g/mol. The third-order valence-electron chi connectivity index (χ3n) is 3.21. The van der Waals surface area contributed by atoms with E-state index >= 15 is 0 Å². The molecular weight excluding hydrogens is 405 g/mol. The van der Waals surface area contributed by atoms with Gasteiger partial charge in [-0.1, -0.05) is 0 Å². The monoisotopic (exact) mass is 442 g/mol. The first-order chi connectivity index (χ1) is 10.2. The van der Waals surface area contributed by atoms with Gasteiger partial charge in [0.1, 0.15) is 0 Å². The lowest BCUT2D eigenvalue weighted by atomic mass is 11.9. The summed E-state index contributed by atoms with van der Waals surface area (Å²) in [4.78, 5) is 0. The molecule has 0 unspecified atom stereocenters. The summed E-state index contributed by atoms with van der Waals surface area (Å²) in [6.07, 6.45) is 0. The zero-order valence-electron chi connectivity index (χ0n) is 17.6. The molecule has 1 rings (SSSR count). The van der Waals surface area contributed by atoms with Crippen LogP contribution in [0.15, 0.2) is 0 Å². The summed E-state index contributed by atoms with van der Waals surface area (Å²) in [5.41, 5.74) is 0. The fraction of sp³-hybridized carbons (Fsp3) is 1.00. The molecule has 0 aromatic heterocycles. The molecule has 1 heterocycles. The summed E-state index contributed by atoms with van der Waals surface area (Å²) in [6, 6.07) is 0. The molecule has 0 aromatic rings. The quantitative estimate of drug-likeness (QED) is 0.560. The van der Waals surface area contributed by atoms with Crippen molar-refractivity contribution in [1.29, 1.82) is 0 Å². The summed E-state index contributed by atoms with van der Waals surface area (Å²) in [7, 11) is -12.9. The van der Waals surface area contributed by atoms with E-state index in [-0.39, 0.29) is 0 Å². The Hall–Kier alpha value is 1.06. The van der Waals surface area contributed by atoms with Gasteiger partial charge in [0.2, 0.25) is 33.9 Å². The van der Waals surface area contributed by atoms with Crippen molar-refractivity contribution in [3.8, 4) is 0 Å². The van der Waals surface area contributed by atoms with E-state index in [1.807, 2.05) is 0 Å². The molecule has 0 atom stereocenters. The van der Waals surface area contributed by atoms with Crippen molar-refractivity contribution in [2.75, 3.05) is 0 Å². The molecule has 1 aliphatic rings. The molecule has 2 N–H and O–H groups in total. The lowest BCUT2D eigenvalue weighted by Crippen LogP contribution is -2.73. The van der Waals surface area contributed by atoms with Crippen molar-refractivity contribution < 1.29 is 16.5 Å². The SMILES string of the molecule is C[Si]1(C)N[Si](C)(C)O[Si](C)(C)O[Si](C)(C)N[Si](C)(C)O[Si](C)(C)O1. The molecule has 12 heteroatoms. The van der Waals surface area contributed by atoms with E-state index in [4.69, 9.17) is 16.5 Å². The van der Waals surface area contributed by atoms with Gasteiger partial charge in [0, 0.05) is 0 Å². The highest BCUT2D eigenvalue weighted by atomic mass is 28.5. The van der Waals surface area contributed by atoms with Crippen LogP contribution in [0.1, 0.15) is 0 Å². The number of rotatable bonds is 0. The van der Waals surface area contributed by atoms with Gasteiger partial charge < -0.3 is 25.8 Å². The average Bonchev–Trinajstić information content (AvgIpc) is 1.98. The largest absolute Gasteiger partial charge is 0.425 e. The third-order valence-corrected chi connectivity index (χ3v) is 28.9. The molecule has 0 aliphatic carbocycles. The lowest BCUT2D eigenvalue weighted by Gasteiger charge is -2.47. The van der Waals surface area contributed by atoms with Crippen LogP contribution >= 0.6 is 0 Å². The molecule has 24 heavy (non-hydrogen) atoms. The van der Waals surface area contributed by atoms with Crippen LogP contribution in [0.3, 0.4) is 0 Å². The van der Waals surface area contributed by atoms with E-state index < -0.39 is 51.0 Å². The van der Waals surface area contributed by atoms with Crippen LogP contribution in [0, 0.1) is 0 Å². The first-order valence-corrected chi connectivity index (χ1v) is 25.9. The Morgan fingerprint density at radius 2 is 0.542 bits per heavy atom. The van der Waals surface area contributed by atoms with Gasteiger partial charge in [0.05, 0.1) is 0 Å². The predicted octanol–water partition coefficient (Wildman–Crippen LogP) is 3.46. The smallest absolute Gasteiger partial charge is 0.312 e. The molecule has 0 aromatic carbocycles. The second kappa shape index (κ2) is 6.90. The van der Waals surface area contributed by atoms with Gasteiger partial charge in [0.25, 0.3) is 0 Å². The third kappa shape index (κ3) is 8.17. The molecule has 0 spiro atoms. The summed E-state index contributed by atoms with van der Waals surface area (Å²) in [5.74, 6) is 0. The van der Waals surface area contributed by atoms with Crippen LogP contribution in [0.5, 0.6) is 0 Å². The van der Waals surface area contributed by atoms with Crippen molar-refractivity contribution in [3.05, 3.63) is 0 Å². The van der Waals surface area contributed by atoms with Crippen LogP contribution in [0.2, 0.25) is 78.6 Å². The Labute approximate surface area is 155 Å². The molecule has 0 amide bonds. The maximum absolute atomic E-state index is 6.59. The summed E-state index contributed by atoms with van der Waals surface area (Å²) >= 11 is 0. The summed E-state index contributed by atoms with van der Waals surface area (Å²) in [6.45, 7) is 26.2. The molecule has 0 bridgehead atoms. The summed E-state index contributed by atoms with van der Waals surface area (Å²) < 4.78 is 33.9. The van der Waals surface area contributed by atoms with Gasteiger partial charge in [-0.2, -0.15) is 0 Å². The van der Waals surface area contributed by atoms with E-state index in [0.717, 1.165) is 0 Å². The Morgan fingerprint density at radius 1 is 0.375 bits per heavy atom. The van der Waals surface area contributed by atoms with Gasteiger partial charge in [0.15, 0.2) is 0 Å². The fourth-order valence-corrected chi connectivity index (χ4v) is 39.1. The van der Waals surface area contributed by atoms with E-state index in [1.165, 1.54) is 0 Å². The first kappa shape index (κ1) is 23.1. The standard InChI is InChI=1S/C12H38N2O4Si6/c1-19(2)13-20(3,4)16-24(11,12)18-22(7,8)14-21(5,6)17-23(9,10)15-19/h13-14H,1-12H3. The molecule has 144 valence electrons. The Morgan fingerprint density at radius 3 is 0.708 bits per heavy atom. The Balaban J connectivity index is 3.24. The lowest BCUT2D eigenvalue weighted by molar-refractivity contribution is 0.359. The highest BCUT2D eigenvalue weighted by Gasteiger charge is 2.49. The molecular formula is C12H38N2O4Si6. The number of hydrogen-bond donors (Lipinski definition) is 2. The maximum atomic E-state index is 6.59. The highest BCUT2D eigenvalue weighted by Crippen LogP contribution is 2.25. The van der Waals surface area contributed by atoms with Gasteiger partial charge in [-0.3, -0.25) is 0 Å². The van der Waals surface area contributed by atoms with Crippen molar-refractivity contribution in [1.82, 2.24) is 9.30 Å². The Kier molecular flexibility index (Phi) is 6.64. The van der Waals surface area contributed by atoms with Gasteiger partial charge >= 0.3 is 17.1 Å². The van der Waals surface area contributed by atoms with Gasteiger partial charge in [-0.05, 0) is 78.6 Å². The van der Waals surface area contributed by atoms with Gasteiger partial charge in [-0.15, -0.1) is 0 Å². The van der Waals surface area contributed by atoms with Crippen LogP contribution < -0.4 is 9.30 Å². The molecule has 6 nitrogen and oxygen atoms in total. The first-order valence-electron chi connectivity index (χ1n) is 8.63. The van der Waals surface area contributed by atoms with E-state index in [0.29, 0.717) is 0 Å². The Bertz CT molecular complexity index is 338. The second-order valence-electron chi connectivity index (χ2n) is 9.50. The normalized spacial score (nSPS) is 31.5. The van der Waals surface area contributed by atoms with Crippen LogP contribution in [-0.2, 0) is 16.5 Å². The van der Waals surface area contributed by atoms with Crippen LogP contribution in [-0.4, -0.2) is 51.0 Å². The minimum absolute atomic E-state index is 2.10. The zero-order valence-corrected chi connectivity index (χ0v) is 23.6. The number of nitrogens with one attached hydrogen (secondary N) is 2. The maximum Gasteiger partial charge on any atom is 0.312 e. The minimum atomic E-state index is -2.25. The summed E-state index contributed by atoms with van der Waals surface area (Å²) in [5, 5.41) is 0. The van der Waals surface area contributed by atoms with Crippen molar-refractivity contribution in [2.24, 2.45) is 0 Å². The highest BCUT2D eigenvalue weighted by molar-refractivity contribution is 6.97. The molecule has 0 radical (unpaired) electrons. The van der Waals surface area contributed by atoms with Crippen molar-refractivity contribution in [3.63, 3.8) is 0 Å². The predicted molar refractivity (Wildman–Crippen MR) is 116 cm³/mol.